The van der Waals surface area contributed by atoms with Crippen molar-refractivity contribution in [1.29, 1.82) is 0 Å². The summed E-state index contributed by atoms with van der Waals surface area (Å²) in [7, 11) is 1.97. The Hall–Kier alpha value is -1.66. The van der Waals surface area contributed by atoms with Crippen LogP contribution in [0.3, 0.4) is 0 Å². The van der Waals surface area contributed by atoms with Gasteiger partial charge in [0.2, 0.25) is 0 Å². The van der Waals surface area contributed by atoms with Crippen molar-refractivity contribution in [3.8, 4) is 0 Å². The highest BCUT2D eigenvalue weighted by molar-refractivity contribution is 7.13. The fourth-order valence-electron chi connectivity index (χ4n) is 2.44. The molecule has 3 heterocycles. The Morgan fingerprint density at radius 2 is 1.95 bits per heavy atom. The molecule has 1 unspecified atom stereocenters. The Morgan fingerprint density at radius 1 is 1.19 bits per heavy atom. The third kappa shape index (κ3) is 3.16. The average molecular weight is 303 g/mol. The quantitative estimate of drug-likeness (QED) is 0.937. The third-order valence-electron chi connectivity index (χ3n) is 3.91. The van der Waals surface area contributed by atoms with Gasteiger partial charge in [-0.05, 0) is 26.1 Å². The van der Waals surface area contributed by atoms with Gasteiger partial charge >= 0.3 is 0 Å². The molecule has 1 saturated heterocycles. The highest BCUT2D eigenvalue weighted by Gasteiger charge is 2.20. The zero-order chi connectivity index (χ0) is 14.7. The van der Waals surface area contributed by atoms with Crippen molar-refractivity contribution in [2.75, 3.05) is 43.0 Å². The number of nitrogens with one attached hydrogen (secondary N) is 1. The SMILES string of the molecule is CNC(C)c1csc(N2CCN(c3ccccn3)CC2)n1. The number of rotatable bonds is 4. The highest BCUT2D eigenvalue weighted by atomic mass is 32.1. The lowest BCUT2D eigenvalue weighted by Gasteiger charge is -2.35. The first-order chi connectivity index (χ1) is 10.3. The van der Waals surface area contributed by atoms with Gasteiger partial charge in [0.1, 0.15) is 5.82 Å². The number of piperazine rings is 1. The summed E-state index contributed by atoms with van der Waals surface area (Å²) in [6.45, 7) is 6.12. The van der Waals surface area contributed by atoms with Crippen LogP contribution in [0.2, 0.25) is 0 Å². The van der Waals surface area contributed by atoms with Crippen LogP contribution in [0, 0.1) is 0 Å². The molecule has 1 N–H and O–H groups in total. The molecule has 21 heavy (non-hydrogen) atoms. The van der Waals surface area contributed by atoms with Crippen LogP contribution in [-0.2, 0) is 0 Å². The van der Waals surface area contributed by atoms with Crippen molar-refractivity contribution in [2.24, 2.45) is 0 Å². The molecule has 112 valence electrons. The Morgan fingerprint density at radius 3 is 2.62 bits per heavy atom. The van der Waals surface area contributed by atoms with Crippen LogP contribution in [0.25, 0.3) is 0 Å². The van der Waals surface area contributed by atoms with Gasteiger partial charge in [-0.1, -0.05) is 6.07 Å². The molecule has 0 saturated carbocycles. The second-order valence-corrected chi connectivity index (χ2v) is 6.06. The van der Waals surface area contributed by atoms with E-state index in [2.05, 4.69) is 38.5 Å². The highest BCUT2D eigenvalue weighted by Crippen LogP contribution is 2.25. The molecule has 0 bridgehead atoms. The van der Waals surface area contributed by atoms with Gasteiger partial charge in [0.25, 0.3) is 0 Å². The fraction of sp³-hybridized carbons (Fsp3) is 0.467. The lowest BCUT2D eigenvalue weighted by atomic mass is 10.3. The Bertz CT molecular complexity index is 562. The largest absolute Gasteiger partial charge is 0.353 e. The molecule has 2 aromatic heterocycles. The Balaban J connectivity index is 1.62. The Kier molecular flexibility index (Phi) is 4.36. The summed E-state index contributed by atoms with van der Waals surface area (Å²) in [4.78, 5) is 13.9. The minimum Gasteiger partial charge on any atom is -0.353 e. The van der Waals surface area contributed by atoms with Gasteiger partial charge in [-0.25, -0.2) is 9.97 Å². The predicted octanol–water partition coefficient (Wildman–Crippen LogP) is 2.15. The van der Waals surface area contributed by atoms with Gasteiger partial charge < -0.3 is 15.1 Å². The summed E-state index contributed by atoms with van der Waals surface area (Å²) < 4.78 is 0. The minimum atomic E-state index is 0.310. The van der Waals surface area contributed by atoms with E-state index in [-0.39, 0.29) is 0 Å². The van der Waals surface area contributed by atoms with Crippen molar-refractivity contribution < 1.29 is 0 Å². The van der Waals surface area contributed by atoms with Gasteiger partial charge in [0.05, 0.1) is 5.69 Å². The van der Waals surface area contributed by atoms with Gasteiger partial charge in [0, 0.05) is 43.8 Å². The molecular weight excluding hydrogens is 282 g/mol. The van der Waals surface area contributed by atoms with E-state index in [1.54, 1.807) is 11.3 Å². The summed E-state index contributed by atoms with van der Waals surface area (Å²) in [6.07, 6.45) is 1.86. The molecule has 1 fully saturated rings. The van der Waals surface area contributed by atoms with E-state index in [1.165, 1.54) is 0 Å². The second kappa shape index (κ2) is 6.41. The first-order valence-electron chi connectivity index (χ1n) is 7.31. The molecule has 0 radical (unpaired) electrons. The van der Waals surface area contributed by atoms with Gasteiger partial charge in [-0.2, -0.15) is 0 Å². The predicted molar refractivity (Wildman–Crippen MR) is 88.3 cm³/mol. The van der Waals surface area contributed by atoms with E-state index in [9.17, 15) is 0 Å². The molecule has 0 aliphatic carbocycles. The number of hydrogen-bond donors (Lipinski definition) is 1. The number of thiazole rings is 1. The summed E-state index contributed by atoms with van der Waals surface area (Å²) in [6, 6.07) is 6.39. The van der Waals surface area contributed by atoms with Crippen molar-refractivity contribution in [1.82, 2.24) is 15.3 Å². The zero-order valence-corrected chi connectivity index (χ0v) is 13.3. The molecule has 1 aliphatic rings. The first-order valence-corrected chi connectivity index (χ1v) is 8.19. The molecule has 0 spiro atoms. The van der Waals surface area contributed by atoms with Crippen LogP contribution in [0.5, 0.6) is 0 Å². The van der Waals surface area contributed by atoms with E-state index in [1.807, 2.05) is 25.4 Å². The summed E-state index contributed by atoms with van der Waals surface area (Å²) in [5, 5.41) is 6.52. The van der Waals surface area contributed by atoms with Crippen molar-refractivity contribution in [2.45, 2.75) is 13.0 Å². The van der Waals surface area contributed by atoms with Crippen molar-refractivity contribution >= 4 is 22.3 Å². The lowest BCUT2D eigenvalue weighted by Crippen LogP contribution is -2.46. The number of hydrogen-bond acceptors (Lipinski definition) is 6. The second-order valence-electron chi connectivity index (χ2n) is 5.23. The third-order valence-corrected chi connectivity index (χ3v) is 4.83. The molecular formula is C15H21N5S. The lowest BCUT2D eigenvalue weighted by molar-refractivity contribution is 0.625. The normalized spacial score (nSPS) is 17.0. The summed E-state index contributed by atoms with van der Waals surface area (Å²) in [5.74, 6) is 1.07. The van der Waals surface area contributed by atoms with Gasteiger partial charge in [0.15, 0.2) is 5.13 Å². The zero-order valence-electron chi connectivity index (χ0n) is 12.5. The van der Waals surface area contributed by atoms with E-state index in [4.69, 9.17) is 4.98 Å². The van der Waals surface area contributed by atoms with Crippen LogP contribution >= 0.6 is 11.3 Å². The van der Waals surface area contributed by atoms with Crippen LogP contribution in [-0.4, -0.2) is 43.2 Å². The molecule has 2 aromatic rings. The van der Waals surface area contributed by atoms with E-state index < -0.39 is 0 Å². The van der Waals surface area contributed by atoms with Crippen LogP contribution < -0.4 is 15.1 Å². The fourth-order valence-corrected chi connectivity index (χ4v) is 3.41. The first kappa shape index (κ1) is 14.3. The topological polar surface area (TPSA) is 44.3 Å². The maximum absolute atomic E-state index is 4.75. The van der Waals surface area contributed by atoms with Gasteiger partial charge in [-0.3, -0.25) is 0 Å². The molecule has 3 rings (SSSR count). The van der Waals surface area contributed by atoms with Crippen molar-refractivity contribution in [3.63, 3.8) is 0 Å². The van der Waals surface area contributed by atoms with Gasteiger partial charge in [-0.15, -0.1) is 11.3 Å². The maximum atomic E-state index is 4.75. The summed E-state index contributed by atoms with van der Waals surface area (Å²) >= 11 is 1.74. The van der Waals surface area contributed by atoms with Crippen molar-refractivity contribution in [3.05, 3.63) is 35.5 Å². The number of anilines is 2. The molecule has 1 atom stereocenters. The molecule has 5 nitrogen and oxygen atoms in total. The van der Waals surface area contributed by atoms with E-state index >= 15 is 0 Å². The van der Waals surface area contributed by atoms with E-state index in [0.29, 0.717) is 6.04 Å². The molecule has 0 aromatic carbocycles. The standard InChI is InChI=1S/C15H21N5S/c1-12(16-2)13-11-21-15(18-13)20-9-7-19(8-10-20)14-5-3-4-6-17-14/h3-6,11-12,16H,7-10H2,1-2H3. The monoisotopic (exact) mass is 303 g/mol. The number of aromatic nitrogens is 2. The average Bonchev–Trinajstić information content (AvgIpc) is 3.05. The molecule has 6 heteroatoms. The molecule has 1 aliphatic heterocycles. The number of nitrogens with zero attached hydrogens (tertiary/aromatic N) is 4. The maximum Gasteiger partial charge on any atom is 0.185 e. The summed E-state index contributed by atoms with van der Waals surface area (Å²) in [5.41, 5.74) is 1.13. The van der Waals surface area contributed by atoms with Crippen LogP contribution in [0.1, 0.15) is 18.7 Å². The molecule has 0 amide bonds. The smallest absolute Gasteiger partial charge is 0.185 e. The van der Waals surface area contributed by atoms with Crippen LogP contribution in [0.15, 0.2) is 29.8 Å². The number of pyridine rings is 1. The van der Waals surface area contributed by atoms with E-state index in [0.717, 1.165) is 42.8 Å². The van der Waals surface area contributed by atoms with Crippen LogP contribution in [0.4, 0.5) is 10.9 Å². The Labute approximate surface area is 129 Å². The minimum absolute atomic E-state index is 0.310.